The van der Waals surface area contributed by atoms with Crippen LogP contribution in [0, 0.1) is 0 Å². The summed E-state index contributed by atoms with van der Waals surface area (Å²) < 4.78 is 73.3. The molecule has 0 unspecified atom stereocenters. The van der Waals surface area contributed by atoms with E-state index in [0.717, 1.165) is 24.3 Å². The summed E-state index contributed by atoms with van der Waals surface area (Å²) in [5, 5.41) is 0. The minimum atomic E-state index is -5.91. The van der Waals surface area contributed by atoms with Gasteiger partial charge in [-0.05, 0) is 84.8 Å². The molecule has 0 amide bonds. The zero-order chi connectivity index (χ0) is 29.9. The second kappa shape index (κ2) is 11.9. The first-order valence-electron chi connectivity index (χ1n) is 12.9. The molecule has 0 fully saturated rings. The average Bonchev–Trinajstić information content (AvgIpc) is 2.88. The van der Waals surface area contributed by atoms with Crippen LogP contribution in [-0.2, 0) is 20.3 Å². The summed E-state index contributed by atoms with van der Waals surface area (Å²) in [6, 6.07) is 16.3. The van der Waals surface area contributed by atoms with E-state index in [2.05, 4.69) is 9.08 Å². The van der Waals surface area contributed by atoms with Gasteiger partial charge in [0.25, 0.3) is 0 Å². The summed E-state index contributed by atoms with van der Waals surface area (Å²) in [7, 11) is -5.91. The molecule has 40 heavy (non-hydrogen) atoms. The van der Waals surface area contributed by atoms with Crippen LogP contribution in [0.1, 0.15) is 57.5 Å². The van der Waals surface area contributed by atoms with E-state index in [-0.39, 0.29) is 17.6 Å². The summed E-state index contributed by atoms with van der Waals surface area (Å²) in [5.74, 6) is -0.918. The Kier molecular flexibility index (Phi) is 9.24. The van der Waals surface area contributed by atoms with Gasteiger partial charge in [0.2, 0.25) is 0 Å². The fourth-order valence-electron chi connectivity index (χ4n) is 4.33. The Balaban J connectivity index is 2.22. The molecule has 3 rings (SSSR count). The zero-order valence-electron chi connectivity index (χ0n) is 23.4. The lowest BCUT2D eigenvalue weighted by atomic mass is 9.83. The highest BCUT2D eigenvalue weighted by molar-refractivity contribution is 7.88. The normalized spacial score (nSPS) is 12.2. The van der Waals surface area contributed by atoms with Gasteiger partial charge in [0.1, 0.15) is 0 Å². The third-order valence-corrected chi connectivity index (χ3v) is 7.38. The van der Waals surface area contributed by atoms with Gasteiger partial charge in [-0.3, -0.25) is 0 Å². The molecule has 0 aromatic heterocycles. The van der Waals surface area contributed by atoms with Gasteiger partial charge in [0.15, 0.2) is 5.75 Å². The fourth-order valence-corrected chi connectivity index (χ4v) is 4.81. The Bertz CT molecular complexity index is 1460. The zero-order valence-corrected chi connectivity index (χ0v) is 24.2. The first kappa shape index (κ1) is 31.0. The molecule has 0 bridgehead atoms. The molecule has 0 aliphatic carbocycles. The van der Waals surface area contributed by atoms with Crippen molar-refractivity contribution in [1.82, 2.24) is 0 Å². The van der Waals surface area contributed by atoms with Crippen LogP contribution in [0.3, 0.4) is 0 Å². The van der Waals surface area contributed by atoms with Gasteiger partial charge >= 0.3 is 21.6 Å². The molecule has 0 spiro atoms. The number of nitrogens with zero attached hydrogens (tertiary/aromatic N) is 1. The summed E-state index contributed by atoms with van der Waals surface area (Å²) in [6.07, 6.45) is 0. The van der Waals surface area contributed by atoms with Gasteiger partial charge in [-0.2, -0.15) is 21.6 Å². The third kappa shape index (κ3) is 6.78. The van der Waals surface area contributed by atoms with Crippen LogP contribution in [0.25, 0.3) is 22.3 Å². The van der Waals surface area contributed by atoms with Crippen LogP contribution in [0.2, 0.25) is 0 Å². The van der Waals surface area contributed by atoms with Gasteiger partial charge in [-0.15, -0.1) is 0 Å². The molecular weight excluding hydrogens is 543 g/mol. The fraction of sp³-hybridized carbons (Fsp3) is 0.367. The Morgan fingerprint density at radius 2 is 1.40 bits per heavy atom. The van der Waals surface area contributed by atoms with Crippen molar-refractivity contribution in [2.45, 2.75) is 52.5 Å². The number of hydrogen-bond acceptors (Lipinski definition) is 6. The highest BCUT2D eigenvalue weighted by Crippen LogP contribution is 2.41. The van der Waals surface area contributed by atoms with E-state index in [9.17, 15) is 26.4 Å². The van der Waals surface area contributed by atoms with Crippen molar-refractivity contribution in [1.29, 1.82) is 0 Å². The number of alkyl halides is 3. The Labute approximate surface area is 233 Å². The molecule has 6 nitrogen and oxygen atoms in total. The maximum atomic E-state index is 13.2. The van der Waals surface area contributed by atoms with E-state index in [4.69, 9.17) is 4.74 Å². The first-order chi connectivity index (χ1) is 18.6. The Hall–Kier alpha value is -3.53. The lowest BCUT2D eigenvalue weighted by Gasteiger charge is -2.31. The summed E-state index contributed by atoms with van der Waals surface area (Å²) in [4.78, 5) is 14.2. The van der Waals surface area contributed by atoms with Crippen LogP contribution < -0.4 is 9.08 Å². The van der Waals surface area contributed by atoms with Crippen LogP contribution in [-0.4, -0.2) is 39.6 Å². The molecule has 0 heterocycles. The SMILES string of the molecule is CCOC(=O)c1ccc(-c2ccc(OS(=O)(=O)C(F)(F)F)c(-c3ccc(N(CC)CC)c(C(C)(C)C)c3)c2)cc1. The minimum Gasteiger partial charge on any atom is -0.462 e. The molecule has 0 aliphatic heterocycles. The molecule has 0 saturated carbocycles. The van der Waals surface area contributed by atoms with Gasteiger partial charge in [-0.1, -0.05) is 45.0 Å². The van der Waals surface area contributed by atoms with E-state index in [1.807, 2.05) is 46.8 Å². The van der Waals surface area contributed by atoms with E-state index >= 15 is 0 Å². The summed E-state index contributed by atoms with van der Waals surface area (Å²) in [6.45, 7) is 13.6. The smallest absolute Gasteiger partial charge is 0.462 e. The van der Waals surface area contributed by atoms with Crippen molar-refractivity contribution in [2.75, 3.05) is 24.6 Å². The van der Waals surface area contributed by atoms with Crippen molar-refractivity contribution < 1.29 is 35.3 Å². The number of benzene rings is 3. The number of anilines is 1. The Morgan fingerprint density at radius 1 is 0.825 bits per heavy atom. The standard InChI is InChI=1S/C30H34F3NO5S/c1-7-34(8-2)26-16-14-23(19-25(26)29(4,5)6)24-18-22(15-17-27(24)39-40(36,37)30(31,32)33)20-10-12-21(13-11-20)28(35)38-9-3/h10-19H,7-9H2,1-6H3. The second-order valence-corrected chi connectivity index (χ2v) is 11.7. The van der Waals surface area contributed by atoms with Gasteiger partial charge in [0, 0.05) is 24.3 Å². The number of esters is 1. The third-order valence-electron chi connectivity index (χ3n) is 6.41. The van der Waals surface area contributed by atoms with Crippen molar-refractivity contribution in [3.05, 3.63) is 71.8 Å². The largest absolute Gasteiger partial charge is 0.534 e. The van der Waals surface area contributed by atoms with Gasteiger partial charge < -0.3 is 13.8 Å². The number of carbonyl (C=O) groups excluding carboxylic acids is 1. The number of ether oxygens (including phenoxy) is 1. The maximum absolute atomic E-state index is 13.2. The Morgan fingerprint density at radius 3 is 1.93 bits per heavy atom. The van der Waals surface area contributed by atoms with Gasteiger partial charge in [0.05, 0.1) is 12.2 Å². The maximum Gasteiger partial charge on any atom is 0.534 e. The summed E-state index contributed by atoms with van der Waals surface area (Å²) in [5.41, 5.74) is -1.70. The van der Waals surface area contributed by atoms with Crippen molar-refractivity contribution in [3.8, 4) is 28.0 Å². The number of carbonyl (C=O) groups is 1. The highest BCUT2D eigenvalue weighted by atomic mass is 32.2. The number of halogens is 3. The molecule has 0 aliphatic rings. The molecule has 216 valence electrons. The van der Waals surface area contributed by atoms with Crippen LogP contribution in [0.5, 0.6) is 5.75 Å². The van der Waals surface area contributed by atoms with Crippen molar-refractivity contribution in [3.63, 3.8) is 0 Å². The molecule has 10 heteroatoms. The molecule has 3 aromatic rings. The van der Waals surface area contributed by atoms with Crippen LogP contribution in [0.15, 0.2) is 60.7 Å². The highest BCUT2D eigenvalue weighted by Gasteiger charge is 2.48. The predicted molar refractivity (Wildman–Crippen MR) is 151 cm³/mol. The first-order valence-corrected chi connectivity index (χ1v) is 14.4. The lowest BCUT2D eigenvalue weighted by molar-refractivity contribution is -0.0499. The van der Waals surface area contributed by atoms with Crippen LogP contribution in [0.4, 0.5) is 18.9 Å². The van der Waals surface area contributed by atoms with Gasteiger partial charge in [-0.25, -0.2) is 4.79 Å². The number of rotatable bonds is 9. The quantitative estimate of drug-likeness (QED) is 0.148. The molecule has 0 saturated heterocycles. The summed E-state index contributed by atoms with van der Waals surface area (Å²) >= 11 is 0. The number of hydrogen-bond donors (Lipinski definition) is 0. The monoisotopic (exact) mass is 577 g/mol. The van der Waals surface area contributed by atoms with Crippen molar-refractivity contribution >= 4 is 21.8 Å². The average molecular weight is 578 g/mol. The topological polar surface area (TPSA) is 72.9 Å². The predicted octanol–water partition coefficient (Wildman–Crippen LogP) is 7.57. The lowest BCUT2D eigenvalue weighted by Crippen LogP contribution is -2.28. The molecule has 0 atom stereocenters. The van der Waals surface area contributed by atoms with E-state index in [1.54, 1.807) is 43.3 Å². The molecule has 0 N–H and O–H groups in total. The van der Waals surface area contributed by atoms with E-state index < -0.39 is 27.3 Å². The minimum absolute atomic E-state index is 0.177. The van der Waals surface area contributed by atoms with Crippen molar-refractivity contribution in [2.24, 2.45) is 0 Å². The molecular formula is C30H34F3NO5S. The van der Waals surface area contributed by atoms with Crippen LogP contribution >= 0.6 is 0 Å². The van der Waals surface area contributed by atoms with E-state index in [0.29, 0.717) is 22.3 Å². The van der Waals surface area contributed by atoms with E-state index in [1.165, 1.54) is 12.1 Å². The molecule has 0 radical (unpaired) electrons. The second-order valence-electron chi connectivity index (χ2n) is 10.1. The molecule has 3 aromatic carbocycles.